The highest BCUT2D eigenvalue weighted by Gasteiger charge is 2.46. The number of aryl methyl sites for hydroxylation is 1. The first-order valence-corrected chi connectivity index (χ1v) is 9.43. The number of benzene rings is 2. The summed E-state index contributed by atoms with van der Waals surface area (Å²) in [4.78, 5) is 17.5. The predicted molar refractivity (Wildman–Crippen MR) is 102 cm³/mol. The van der Waals surface area contributed by atoms with Gasteiger partial charge >= 0.3 is 0 Å². The zero-order valence-electron chi connectivity index (χ0n) is 15.5. The molecule has 1 amide bonds. The standard InChI is InChI=1S/C22H25FN2O/c1-3-24-11-9-22(10-12-24)15-25(20-8-7-18(23)14-19(20)22)21(26)17-6-4-5-16(2)13-17/h4-8,13-14H,3,9-12,15H2,1-2H3. The van der Waals surface area contributed by atoms with Crippen molar-refractivity contribution in [1.29, 1.82) is 0 Å². The molecule has 2 heterocycles. The van der Waals surface area contributed by atoms with Crippen LogP contribution in [0.3, 0.4) is 0 Å². The number of hydrogen-bond donors (Lipinski definition) is 0. The molecule has 1 spiro atoms. The highest BCUT2D eigenvalue weighted by Crippen LogP contribution is 2.47. The van der Waals surface area contributed by atoms with E-state index in [1.165, 1.54) is 6.07 Å². The SMILES string of the molecule is CCN1CCC2(CC1)CN(C(=O)c1cccc(C)c1)c1ccc(F)cc12. The van der Waals surface area contributed by atoms with Crippen molar-refractivity contribution in [3.05, 3.63) is 65.0 Å². The Morgan fingerprint density at radius 3 is 2.62 bits per heavy atom. The molecule has 2 aliphatic heterocycles. The fourth-order valence-electron chi connectivity index (χ4n) is 4.48. The van der Waals surface area contributed by atoms with Crippen molar-refractivity contribution in [3.63, 3.8) is 0 Å². The van der Waals surface area contributed by atoms with Crippen molar-refractivity contribution in [1.82, 2.24) is 4.90 Å². The van der Waals surface area contributed by atoms with Crippen LogP contribution in [0.4, 0.5) is 10.1 Å². The smallest absolute Gasteiger partial charge is 0.258 e. The van der Waals surface area contributed by atoms with Crippen LogP contribution in [0.15, 0.2) is 42.5 Å². The van der Waals surface area contributed by atoms with Crippen LogP contribution in [0.2, 0.25) is 0 Å². The van der Waals surface area contributed by atoms with Crippen molar-refractivity contribution in [3.8, 4) is 0 Å². The van der Waals surface area contributed by atoms with Gasteiger partial charge in [-0.15, -0.1) is 0 Å². The van der Waals surface area contributed by atoms with E-state index in [0.29, 0.717) is 12.1 Å². The second-order valence-electron chi connectivity index (χ2n) is 7.64. The maximum absolute atomic E-state index is 14.0. The van der Waals surface area contributed by atoms with Gasteiger partial charge in [-0.2, -0.15) is 0 Å². The van der Waals surface area contributed by atoms with Gasteiger partial charge < -0.3 is 9.80 Å². The molecule has 0 unspecified atom stereocenters. The molecule has 0 aliphatic carbocycles. The van der Waals surface area contributed by atoms with Gasteiger partial charge in [-0.1, -0.05) is 24.6 Å². The number of fused-ring (bicyclic) bond motifs is 2. The molecule has 1 fully saturated rings. The Kier molecular flexibility index (Phi) is 4.31. The van der Waals surface area contributed by atoms with Crippen molar-refractivity contribution in [2.75, 3.05) is 31.1 Å². The van der Waals surface area contributed by atoms with E-state index in [-0.39, 0.29) is 17.1 Å². The fourth-order valence-corrected chi connectivity index (χ4v) is 4.48. The summed E-state index contributed by atoms with van der Waals surface area (Å²) in [5, 5.41) is 0. The van der Waals surface area contributed by atoms with Crippen LogP contribution in [0.5, 0.6) is 0 Å². The lowest BCUT2D eigenvalue weighted by Gasteiger charge is -2.39. The average Bonchev–Trinajstić information content (AvgIpc) is 2.95. The van der Waals surface area contributed by atoms with Crippen molar-refractivity contribution < 1.29 is 9.18 Å². The van der Waals surface area contributed by atoms with Crippen LogP contribution in [0, 0.1) is 12.7 Å². The zero-order valence-corrected chi connectivity index (χ0v) is 15.5. The van der Waals surface area contributed by atoms with Crippen molar-refractivity contribution in [2.45, 2.75) is 32.1 Å². The van der Waals surface area contributed by atoms with Crippen molar-refractivity contribution in [2.24, 2.45) is 0 Å². The molecule has 4 rings (SSSR count). The van der Waals surface area contributed by atoms with Crippen LogP contribution in [0.1, 0.15) is 41.3 Å². The maximum atomic E-state index is 14.0. The van der Waals surface area contributed by atoms with E-state index in [0.717, 1.165) is 49.3 Å². The van der Waals surface area contributed by atoms with Gasteiger partial charge in [0.2, 0.25) is 0 Å². The van der Waals surface area contributed by atoms with E-state index in [1.54, 1.807) is 12.1 Å². The van der Waals surface area contributed by atoms with Crippen LogP contribution in [0.25, 0.3) is 0 Å². The molecule has 0 radical (unpaired) electrons. The lowest BCUT2D eigenvalue weighted by atomic mass is 9.74. The number of halogens is 1. The van der Waals surface area contributed by atoms with Crippen LogP contribution >= 0.6 is 0 Å². The summed E-state index contributed by atoms with van der Waals surface area (Å²) in [5.41, 5.74) is 3.53. The number of amides is 1. The minimum absolute atomic E-state index is 0.0105. The minimum atomic E-state index is -0.217. The fraction of sp³-hybridized carbons (Fsp3) is 0.409. The topological polar surface area (TPSA) is 23.6 Å². The molecule has 0 bridgehead atoms. The van der Waals surface area contributed by atoms with Crippen LogP contribution in [-0.2, 0) is 5.41 Å². The molecule has 0 atom stereocenters. The van der Waals surface area contributed by atoms with E-state index < -0.39 is 0 Å². The van der Waals surface area contributed by atoms with Gasteiger partial charge in [0.05, 0.1) is 0 Å². The molecule has 0 saturated carbocycles. The molecule has 4 heteroatoms. The summed E-state index contributed by atoms with van der Waals surface area (Å²) in [6, 6.07) is 12.6. The Bertz CT molecular complexity index is 840. The highest BCUT2D eigenvalue weighted by molar-refractivity contribution is 6.07. The highest BCUT2D eigenvalue weighted by atomic mass is 19.1. The number of anilines is 1. The third kappa shape index (κ3) is 2.82. The molecule has 1 saturated heterocycles. The van der Waals surface area contributed by atoms with E-state index in [9.17, 15) is 9.18 Å². The Hall–Kier alpha value is -2.20. The monoisotopic (exact) mass is 352 g/mol. The normalized spacial score (nSPS) is 19.0. The Balaban J connectivity index is 1.72. The third-order valence-corrected chi connectivity index (χ3v) is 6.05. The summed E-state index contributed by atoms with van der Waals surface area (Å²) >= 11 is 0. The lowest BCUT2D eigenvalue weighted by molar-refractivity contribution is 0.0977. The molecule has 0 N–H and O–H groups in total. The zero-order chi connectivity index (χ0) is 18.3. The van der Waals surface area contributed by atoms with Crippen LogP contribution < -0.4 is 4.90 Å². The van der Waals surface area contributed by atoms with Crippen LogP contribution in [-0.4, -0.2) is 37.0 Å². The number of rotatable bonds is 2. The molecule has 26 heavy (non-hydrogen) atoms. The van der Waals surface area contributed by atoms with E-state index in [2.05, 4.69) is 11.8 Å². The van der Waals surface area contributed by atoms with Gasteiger partial charge in [-0.05, 0) is 75.3 Å². The molecule has 2 aliphatic rings. The Morgan fingerprint density at radius 1 is 1.15 bits per heavy atom. The number of piperidine rings is 1. The molecule has 136 valence electrons. The maximum Gasteiger partial charge on any atom is 0.258 e. The molecule has 3 nitrogen and oxygen atoms in total. The molecule has 0 aromatic heterocycles. The van der Waals surface area contributed by atoms with Gasteiger partial charge in [0.1, 0.15) is 5.82 Å². The lowest BCUT2D eigenvalue weighted by Crippen LogP contribution is -2.46. The summed E-state index contributed by atoms with van der Waals surface area (Å²) in [5.74, 6) is -0.206. The Labute approximate surface area is 154 Å². The first-order valence-electron chi connectivity index (χ1n) is 9.43. The molecular formula is C22H25FN2O. The third-order valence-electron chi connectivity index (χ3n) is 6.05. The number of nitrogens with zero attached hydrogens (tertiary/aromatic N) is 2. The van der Waals surface area contributed by atoms with E-state index in [4.69, 9.17) is 0 Å². The average molecular weight is 352 g/mol. The summed E-state index contributed by atoms with van der Waals surface area (Å²) in [6.45, 7) is 7.85. The predicted octanol–water partition coefficient (Wildman–Crippen LogP) is 4.15. The molecule has 2 aromatic carbocycles. The van der Waals surface area contributed by atoms with Gasteiger partial charge in [-0.3, -0.25) is 4.79 Å². The number of likely N-dealkylation sites (tertiary alicyclic amines) is 1. The van der Waals surface area contributed by atoms with Gasteiger partial charge in [0, 0.05) is 23.2 Å². The van der Waals surface area contributed by atoms with Gasteiger partial charge in [0.15, 0.2) is 0 Å². The first kappa shape index (κ1) is 17.2. The summed E-state index contributed by atoms with van der Waals surface area (Å²) in [6.07, 6.45) is 1.93. The quantitative estimate of drug-likeness (QED) is 0.811. The molecule has 2 aromatic rings. The molecular weight excluding hydrogens is 327 g/mol. The number of carbonyl (C=O) groups excluding carboxylic acids is 1. The van der Waals surface area contributed by atoms with Gasteiger partial charge in [-0.25, -0.2) is 4.39 Å². The second-order valence-corrected chi connectivity index (χ2v) is 7.64. The largest absolute Gasteiger partial charge is 0.307 e. The van der Waals surface area contributed by atoms with Crippen molar-refractivity contribution >= 4 is 11.6 Å². The summed E-state index contributed by atoms with van der Waals surface area (Å²) < 4.78 is 14.0. The summed E-state index contributed by atoms with van der Waals surface area (Å²) in [7, 11) is 0. The Morgan fingerprint density at radius 2 is 1.92 bits per heavy atom. The number of hydrogen-bond acceptors (Lipinski definition) is 2. The van der Waals surface area contributed by atoms with Gasteiger partial charge in [0.25, 0.3) is 5.91 Å². The minimum Gasteiger partial charge on any atom is -0.307 e. The van der Waals surface area contributed by atoms with E-state index >= 15 is 0 Å². The van der Waals surface area contributed by atoms with E-state index in [1.807, 2.05) is 36.1 Å². The number of carbonyl (C=O) groups is 1. The first-order chi connectivity index (χ1) is 12.5. The second kappa shape index (κ2) is 6.51.